The van der Waals surface area contributed by atoms with Crippen LogP contribution in [0.15, 0.2) is 97.1 Å². The van der Waals surface area contributed by atoms with Gasteiger partial charge in [0.05, 0.1) is 22.4 Å². The Balaban J connectivity index is 1.15. The standard InChI is InChI=1S/C30H20N2O6/c33-27-22-13-5-6-14-23(22)28(34)32(27)38-29(35)24-15-7-8-16-26(24)31-30(36)37-17-25-20-11-3-1-9-18(20)19-10-2-4-12-21(19)25/h1-16,25H,17H2,(H,31,36). The van der Waals surface area contributed by atoms with Crippen molar-refractivity contribution in [2.24, 2.45) is 0 Å². The van der Waals surface area contributed by atoms with Crippen LogP contribution in [0.2, 0.25) is 0 Å². The Morgan fingerprint density at radius 2 is 1.18 bits per heavy atom. The molecule has 38 heavy (non-hydrogen) atoms. The van der Waals surface area contributed by atoms with Crippen molar-refractivity contribution in [2.75, 3.05) is 11.9 Å². The number of hydroxylamine groups is 2. The zero-order valence-electron chi connectivity index (χ0n) is 19.9. The molecule has 0 radical (unpaired) electrons. The molecule has 4 aromatic carbocycles. The number of benzene rings is 4. The van der Waals surface area contributed by atoms with Gasteiger partial charge in [0.1, 0.15) is 6.61 Å². The number of carbonyl (C=O) groups excluding carboxylic acids is 4. The van der Waals surface area contributed by atoms with E-state index >= 15 is 0 Å². The van der Waals surface area contributed by atoms with Gasteiger partial charge in [-0.2, -0.15) is 0 Å². The molecule has 186 valence electrons. The predicted molar refractivity (Wildman–Crippen MR) is 137 cm³/mol. The second-order valence-electron chi connectivity index (χ2n) is 8.83. The van der Waals surface area contributed by atoms with E-state index in [0.29, 0.717) is 5.06 Å². The first-order valence-corrected chi connectivity index (χ1v) is 11.9. The highest BCUT2D eigenvalue weighted by Gasteiger charge is 2.39. The molecule has 1 heterocycles. The van der Waals surface area contributed by atoms with Crippen molar-refractivity contribution in [3.05, 3.63) is 125 Å². The van der Waals surface area contributed by atoms with E-state index in [1.807, 2.05) is 48.5 Å². The maximum absolute atomic E-state index is 12.9. The summed E-state index contributed by atoms with van der Waals surface area (Å²) < 4.78 is 5.57. The number of para-hydroxylation sites is 1. The Morgan fingerprint density at radius 1 is 0.684 bits per heavy atom. The number of ether oxygens (including phenoxy) is 1. The SMILES string of the molecule is O=C(Nc1ccccc1C(=O)ON1C(=O)c2ccccc2C1=O)OCC1c2ccccc2-c2ccccc21. The number of nitrogens with one attached hydrogen (secondary N) is 1. The van der Waals surface area contributed by atoms with Crippen molar-refractivity contribution >= 4 is 29.6 Å². The van der Waals surface area contributed by atoms with Crippen molar-refractivity contribution < 1.29 is 28.8 Å². The quantitative estimate of drug-likeness (QED) is 0.365. The van der Waals surface area contributed by atoms with E-state index in [-0.39, 0.29) is 34.9 Å². The molecular formula is C30H20N2O6. The number of amides is 3. The second kappa shape index (κ2) is 9.33. The van der Waals surface area contributed by atoms with Crippen LogP contribution in [0.1, 0.15) is 48.1 Å². The number of hydrogen-bond donors (Lipinski definition) is 1. The summed E-state index contributed by atoms with van der Waals surface area (Å²) in [6.45, 7) is 0.0987. The number of hydrogen-bond acceptors (Lipinski definition) is 6. The third-order valence-electron chi connectivity index (χ3n) is 6.66. The van der Waals surface area contributed by atoms with E-state index in [1.54, 1.807) is 24.3 Å². The fourth-order valence-electron chi connectivity index (χ4n) is 4.90. The molecule has 0 bridgehead atoms. The van der Waals surface area contributed by atoms with Crippen LogP contribution in [0.5, 0.6) is 0 Å². The Morgan fingerprint density at radius 3 is 1.79 bits per heavy atom. The summed E-state index contributed by atoms with van der Waals surface area (Å²) in [4.78, 5) is 56.0. The predicted octanol–water partition coefficient (Wildman–Crippen LogP) is 5.42. The van der Waals surface area contributed by atoms with Crippen molar-refractivity contribution in [1.29, 1.82) is 0 Å². The van der Waals surface area contributed by atoms with Gasteiger partial charge >= 0.3 is 12.1 Å². The number of carbonyl (C=O) groups is 4. The molecule has 0 saturated heterocycles. The van der Waals surface area contributed by atoms with E-state index in [2.05, 4.69) is 5.32 Å². The third-order valence-corrected chi connectivity index (χ3v) is 6.66. The van der Waals surface area contributed by atoms with Crippen LogP contribution in [-0.2, 0) is 9.57 Å². The lowest BCUT2D eigenvalue weighted by Crippen LogP contribution is -2.33. The molecule has 0 fully saturated rings. The van der Waals surface area contributed by atoms with E-state index in [0.717, 1.165) is 22.3 Å². The van der Waals surface area contributed by atoms with Gasteiger partial charge in [-0.05, 0) is 46.5 Å². The molecule has 0 atom stereocenters. The van der Waals surface area contributed by atoms with Crippen LogP contribution in [0.25, 0.3) is 11.1 Å². The fraction of sp³-hybridized carbons (Fsp3) is 0.0667. The highest BCUT2D eigenvalue weighted by atomic mass is 16.7. The Hall–Kier alpha value is -5.24. The maximum atomic E-state index is 12.9. The molecule has 0 unspecified atom stereocenters. The van der Waals surface area contributed by atoms with Crippen molar-refractivity contribution in [1.82, 2.24) is 5.06 Å². The molecule has 1 aliphatic heterocycles. The number of rotatable bonds is 5. The van der Waals surface area contributed by atoms with Crippen LogP contribution in [0, 0.1) is 0 Å². The monoisotopic (exact) mass is 504 g/mol. The molecule has 1 N–H and O–H groups in total. The summed E-state index contributed by atoms with van der Waals surface area (Å²) in [5.41, 5.74) is 4.74. The number of fused-ring (bicyclic) bond motifs is 4. The largest absolute Gasteiger partial charge is 0.448 e. The molecule has 2 aliphatic rings. The minimum Gasteiger partial charge on any atom is -0.448 e. The normalized spacial score (nSPS) is 13.5. The average molecular weight is 504 g/mol. The molecule has 0 spiro atoms. The van der Waals surface area contributed by atoms with Gasteiger partial charge in [0.25, 0.3) is 11.8 Å². The first-order valence-electron chi connectivity index (χ1n) is 11.9. The first kappa shape index (κ1) is 23.2. The molecule has 3 amide bonds. The third kappa shape index (κ3) is 3.88. The van der Waals surface area contributed by atoms with E-state index in [9.17, 15) is 19.2 Å². The zero-order valence-corrected chi connectivity index (χ0v) is 19.9. The summed E-state index contributed by atoms with van der Waals surface area (Å²) >= 11 is 0. The maximum Gasteiger partial charge on any atom is 0.411 e. The second-order valence-corrected chi connectivity index (χ2v) is 8.83. The van der Waals surface area contributed by atoms with E-state index in [1.165, 1.54) is 24.3 Å². The fourth-order valence-corrected chi connectivity index (χ4v) is 4.90. The Labute approximate surface area is 217 Å². The van der Waals surface area contributed by atoms with Crippen LogP contribution in [0.4, 0.5) is 10.5 Å². The van der Waals surface area contributed by atoms with Gasteiger partial charge in [0.15, 0.2) is 0 Å². The van der Waals surface area contributed by atoms with E-state index < -0.39 is 23.9 Å². The molecule has 8 nitrogen and oxygen atoms in total. The summed E-state index contributed by atoms with van der Waals surface area (Å²) in [5.74, 6) is -2.57. The lowest BCUT2D eigenvalue weighted by atomic mass is 9.98. The van der Waals surface area contributed by atoms with Crippen molar-refractivity contribution in [3.63, 3.8) is 0 Å². The lowest BCUT2D eigenvalue weighted by Gasteiger charge is -2.16. The Kier molecular flexibility index (Phi) is 5.69. The number of anilines is 1. The van der Waals surface area contributed by atoms with Crippen molar-refractivity contribution in [2.45, 2.75) is 5.92 Å². The summed E-state index contributed by atoms with van der Waals surface area (Å²) in [5, 5.41) is 3.01. The van der Waals surface area contributed by atoms with Gasteiger partial charge in [0.2, 0.25) is 0 Å². The average Bonchev–Trinajstić information content (AvgIpc) is 3.39. The smallest absolute Gasteiger partial charge is 0.411 e. The van der Waals surface area contributed by atoms with Crippen LogP contribution in [-0.4, -0.2) is 35.5 Å². The zero-order chi connectivity index (χ0) is 26.2. The van der Waals surface area contributed by atoms with Crippen molar-refractivity contribution in [3.8, 4) is 11.1 Å². The Bertz CT molecular complexity index is 1550. The highest BCUT2D eigenvalue weighted by Crippen LogP contribution is 2.44. The molecule has 0 aromatic heterocycles. The molecular weight excluding hydrogens is 484 g/mol. The topological polar surface area (TPSA) is 102 Å². The van der Waals surface area contributed by atoms with Gasteiger partial charge < -0.3 is 9.57 Å². The summed E-state index contributed by atoms with van der Waals surface area (Å²) in [6, 6.07) is 28.3. The minimum absolute atomic E-state index is 0.0439. The van der Waals surface area contributed by atoms with Crippen LogP contribution >= 0.6 is 0 Å². The number of nitrogens with zero attached hydrogens (tertiary/aromatic N) is 1. The molecule has 0 saturated carbocycles. The van der Waals surface area contributed by atoms with Crippen LogP contribution < -0.4 is 5.32 Å². The molecule has 4 aromatic rings. The minimum atomic E-state index is -0.978. The van der Waals surface area contributed by atoms with Gasteiger partial charge in [-0.3, -0.25) is 14.9 Å². The van der Waals surface area contributed by atoms with Gasteiger partial charge in [-0.15, -0.1) is 0 Å². The van der Waals surface area contributed by atoms with Crippen LogP contribution in [0.3, 0.4) is 0 Å². The van der Waals surface area contributed by atoms with Gasteiger partial charge in [-0.25, -0.2) is 9.59 Å². The lowest BCUT2D eigenvalue weighted by molar-refractivity contribution is -0.0583. The van der Waals surface area contributed by atoms with Gasteiger partial charge in [-0.1, -0.05) is 77.9 Å². The molecule has 8 heteroatoms. The van der Waals surface area contributed by atoms with Gasteiger partial charge in [0, 0.05) is 5.92 Å². The first-order chi connectivity index (χ1) is 18.5. The molecule has 1 aliphatic carbocycles. The number of imide groups is 1. The molecule has 6 rings (SSSR count). The van der Waals surface area contributed by atoms with E-state index in [4.69, 9.17) is 9.57 Å². The summed E-state index contributed by atoms with van der Waals surface area (Å²) in [6.07, 6.45) is -0.757. The summed E-state index contributed by atoms with van der Waals surface area (Å²) in [7, 11) is 0. The highest BCUT2D eigenvalue weighted by molar-refractivity contribution is 6.21.